The van der Waals surface area contributed by atoms with Gasteiger partial charge in [0.05, 0.1) is 11.5 Å². The number of nitrogens with zero attached hydrogens (tertiary/aromatic N) is 1. The molecule has 0 aromatic heterocycles. The molecular weight excluding hydrogens is 294 g/mol. The van der Waals surface area contributed by atoms with Crippen molar-refractivity contribution in [3.05, 3.63) is 24.4 Å². The molecule has 2 N–H and O–H groups in total. The van der Waals surface area contributed by atoms with Crippen molar-refractivity contribution < 1.29 is 14.3 Å². The first-order valence-electron chi connectivity index (χ1n) is 8.05. The Bertz CT molecular complexity index is 522. The minimum Gasteiger partial charge on any atom is -0.444 e. The van der Waals surface area contributed by atoms with Crippen LogP contribution in [-0.2, 0) is 9.53 Å². The van der Waals surface area contributed by atoms with E-state index in [9.17, 15) is 9.59 Å². The molecule has 0 aromatic rings. The Labute approximate surface area is 137 Å². The first kappa shape index (κ1) is 17.4. The Morgan fingerprint density at radius 3 is 2.74 bits per heavy atom. The largest absolute Gasteiger partial charge is 0.444 e. The highest BCUT2D eigenvalue weighted by Crippen LogP contribution is 2.31. The van der Waals surface area contributed by atoms with E-state index < -0.39 is 11.0 Å². The van der Waals surface area contributed by atoms with Crippen LogP contribution in [0.3, 0.4) is 0 Å². The van der Waals surface area contributed by atoms with Crippen molar-refractivity contribution in [2.45, 2.75) is 45.8 Å². The number of ether oxygens (including phenoxy) is 1. The lowest BCUT2D eigenvalue weighted by Gasteiger charge is -2.27. The third-order valence-electron chi connectivity index (χ3n) is 4.02. The normalized spacial score (nSPS) is 26.8. The Morgan fingerprint density at radius 2 is 2.13 bits per heavy atom. The maximum Gasteiger partial charge on any atom is 0.410 e. The zero-order valence-electron chi connectivity index (χ0n) is 14.4. The molecule has 2 aliphatic heterocycles. The van der Waals surface area contributed by atoms with E-state index >= 15 is 0 Å². The van der Waals surface area contributed by atoms with Gasteiger partial charge in [0, 0.05) is 19.6 Å². The third-order valence-corrected chi connectivity index (χ3v) is 4.02. The average molecular weight is 321 g/mol. The van der Waals surface area contributed by atoms with Gasteiger partial charge < -0.3 is 20.3 Å². The second-order valence-electron chi connectivity index (χ2n) is 7.44. The molecule has 0 bridgehead atoms. The molecule has 2 rings (SSSR count). The number of likely N-dealkylation sites (tertiary alicyclic amines) is 1. The zero-order valence-corrected chi connectivity index (χ0v) is 14.4. The van der Waals surface area contributed by atoms with Gasteiger partial charge in [-0.3, -0.25) is 4.79 Å². The van der Waals surface area contributed by atoms with Crippen LogP contribution in [0.25, 0.3) is 0 Å². The topological polar surface area (TPSA) is 70.7 Å². The van der Waals surface area contributed by atoms with E-state index in [0.717, 1.165) is 0 Å². The van der Waals surface area contributed by atoms with E-state index in [1.807, 2.05) is 52.1 Å². The van der Waals surface area contributed by atoms with Crippen molar-refractivity contribution in [3.8, 4) is 0 Å². The van der Waals surface area contributed by atoms with Crippen molar-refractivity contribution >= 4 is 12.0 Å². The number of amides is 2. The van der Waals surface area contributed by atoms with Crippen LogP contribution in [0.2, 0.25) is 0 Å². The summed E-state index contributed by atoms with van der Waals surface area (Å²) in [5.74, 6) is -0.0201. The molecule has 0 spiro atoms. The van der Waals surface area contributed by atoms with Crippen LogP contribution in [0.1, 0.15) is 34.1 Å². The van der Waals surface area contributed by atoms with Gasteiger partial charge in [-0.15, -0.1) is 0 Å². The molecule has 0 saturated carbocycles. The fourth-order valence-electron chi connectivity index (χ4n) is 2.66. The molecule has 2 heterocycles. The molecule has 1 fully saturated rings. The van der Waals surface area contributed by atoms with E-state index in [1.165, 1.54) is 0 Å². The Hall–Kier alpha value is -1.98. The van der Waals surface area contributed by atoms with Gasteiger partial charge in [0.1, 0.15) is 5.60 Å². The standard InChI is InChI=1S/C17H27N3O3/c1-16(2,3)23-15(22)20-10-8-17(4,12-20)14(21)19-11-13-7-5-6-9-18-13/h5-7,9,13,18H,8,10-12H2,1-4H3,(H,19,21). The highest BCUT2D eigenvalue weighted by atomic mass is 16.6. The Morgan fingerprint density at radius 1 is 1.39 bits per heavy atom. The summed E-state index contributed by atoms with van der Waals surface area (Å²) in [5, 5.41) is 6.14. The minimum absolute atomic E-state index is 0.0201. The first-order chi connectivity index (χ1) is 10.7. The number of hydrogen-bond donors (Lipinski definition) is 2. The van der Waals surface area contributed by atoms with E-state index in [1.54, 1.807) is 4.90 Å². The fraction of sp³-hybridized carbons (Fsp3) is 0.647. The summed E-state index contributed by atoms with van der Waals surface area (Å²) >= 11 is 0. The first-order valence-corrected chi connectivity index (χ1v) is 8.05. The molecule has 6 nitrogen and oxygen atoms in total. The highest BCUT2D eigenvalue weighted by Gasteiger charge is 2.43. The van der Waals surface area contributed by atoms with Crippen molar-refractivity contribution in [1.82, 2.24) is 15.5 Å². The molecule has 6 heteroatoms. The molecule has 2 atom stereocenters. The molecular formula is C17H27N3O3. The van der Waals surface area contributed by atoms with Gasteiger partial charge in [0.15, 0.2) is 0 Å². The Balaban J connectivity index is 1.85. The van der Waals surface area contributed by atoms with Crippen LogP contribution in [0.15, 0.2) is 24.4 Å². The summed E-state index contributed by atoms with van der Waals surface area (Å²) in [6.07, 6.45) is 8.02. The smallest absolute Gasteiger partial charge is 0.410 e. The van der Waals surface area contributed by atoms with Crippen LogP contribution in [0.4, 0.5) is 4.79 Å². The van der Waals surface area contributed by atoms with Crippen molar-refractivity contribution in [2.24, 2.45) is 5.41 Å². The lowest BCUT2D eigenvalue weighted by Crippen LogP contribution is -2.46. The number of carbonyl (C=O) groups excluding carboxylic acids is 2. The molecule has 1 saturated heterocycles. The van der Waals surface area contributed by atoms with Gasteiger partial charge in [-0.2, -0.15) is 0 Å². The van der Waals surface area contributed by atoms with Gasteiger partial charge in [-0.1, -0.05) is 12.2 Å². The van der Waals surface area contributed by atoms with E-state index in [0.29, 0.717) is 26.1 Å². The summed E-state index contributed by atoms with van der Waals surface area (Å²) in [6.45, 7) is 8.88. The second kappa shape index (κ2) is 6.64. The third kappa shape index (κ3) is 4.74. The van der Waals surface area contributed by atoms with Crippen molar-refractivity contribution in [2.75, 3.05) is 19.6 Å². The number of carbonyl (C=O) groups is 2. The summed E-state index contributed by atoms with van der Waals surface area (Å²) in [6, 6.07) is 0.107. The molecule has 0 radical (unpaired) electrons. The fourth-order valence-corrected chi connectivity index (χ4v) is 2.66. The zero-order chi connectivity index (χ0) is 17.1. The second-order valence-corrected chi connectivity index (χ2v) is 7.44. The summed E-state index contributed by atoms with van der Waals surface area (Å²) in [7, 11) is 0. The van der Waals surface area contributed by atoms with Gasteiger partial charge in [0.2, 0.25) is 5.91 Å². The van der Waals surface area contributed by atoms with Crippen LogP contribution < -0.4 is 10.6 Å². The predicted octanol–water partition coefficient (Wildman–Crippen LogP) is 1.79. The van der Waals surface area contributed by atoms with Crippen LogP contribution in [-0.4, -0.2) is 48.2 Å². The quantitative estimate of drug-likeness (QED) is 0.831. The number of allylic oxidation sites excluding steroid dienone is 2. The summed E-state index contributed by atoms with van der Waals surface area (Å²) in [4.78, 5) is 26.2. The highest BCUT2D eigenvalue weighted by molar-refractivity contribution is 5.84. The van der Waals surface area contributed by atoms with Gasteiger partial charge in [0.25, 0.3) is 0 Å². The lowest BCUT2D eigenvalue weighted by atomic mass is 9.88. The van der Waals surface area contributed by atoms with Crippen LogP contribution >= 0.6 is 0 Å². The Kier molecular flexibility index (Phi) is 5.02. The minimum atomic E-state index is -0.564. The van der Waals surface area contributed by atoms with E-state index in [2.05, 4.69) is 10.6 Å². The van der Waals surface area contributed by atoms with Crippen molar-refractivity contribution in [1.29, 1.82) is 0 Å². The SMILES string of the molecule is CC(C)(C)OC(=O)N1CCC(C)(C(=O)NCC2C=CC=CN2)C1. The number of nitrogens with one attached hydrogen (secondary N) is 2. The molecule has 128 valence electrons. The summed E-state index contributed by atoms with van der Waals surface area (Å²) in [5.41, 5.74) is -1.09. The van der Waals surface area contributed by atoms with Gasteiger partial charge in [-0.25, -0.2) is 4.79 Å². The number of hydrogen-bond acceptors (Lipinski definition) is 4. The lowest BCUT2D eigenvalue weighted by molar-refractivity contribution is -0.129. The van der Waals surface area contributed by atoms with Crippen molar-refractivity contribution in [3.63, 3.8) is 0 Å². The maximum absolute atomic E-state index is 12.5. The van der Waals surface area contributed by atoms with Crippen LogP contribution in [0.5, 0.6) is 0 Å². The van der Waals surface area contributed by atoms with E-state index in [4.69, 9.17) is 4.74 Å². The molecule has 0 aromatic carbocycles. The number of dihydropyridines is 1. The van der Waals surface area contributed by atoms with E-state index in [-0.39, 0.29) is 18.0 Å². The maximum atomic E-state index is 12.5. The molecule has 2 aliphatic rings. The summed E-state index contributed by atoms with van der Waals surface area (Å²) < 4.78 is 5.38. The van der Waals surface area contributed by atoms with Crippen LogP contribution in [0, 0.1) is 5.41 Å². The van der Waals surface area contributed by atoms with Gasteiger partial charge >= 0.3 is 6.09 Å². The molecule has 23 heavy (non-hydrogen) atoms. The monoisotopic (exact) mass is 321 g/mol. The van der Waals surface area contributed by atoms with Gasteiger partial charge in [-0.05, 0) is 46.4 Å². The molecule has 2 amide bonds. The molecule has 0 aliphatic carbocycles. The predicted molar refractivity (Wildman–Crippen MR) is 88.7 cm³/mol. The average Bonchev–Trinajstić information content (AvgIpc) is 2.88. The molecule has 2 unspecified atom stereocenters. The number of rotatable bonds is 3.